The topological polar surface area (TPSA) is 111 Å². The molecule has 25 heavy (non-hydrogen) atoms. The number of hydrogen-bond donors (Lipinski definition) is 0. The van der Waals surface area contributed by atoms with Crippen molar-refractivity contribution >= 4 is 17.5 Å². The van der Waals surface area contributed by atoms with Crippen molar-refractivity contribution in [1.29, 1.82) is 0 Å². The lowest BCUT2D eigenvalue weighted by molar-refractivity contribution is -0.384. The summed E-state index contributed by atoms with van der Waals surface area (Å²) in [6, 6.07) is 10.4. The molecule has 0 saturated carbocycles. The van der Waals surface area contributed by atoms with Gasteiger partial charge in [0.15, 0.2) is 0 Å². The number of carbonyl (C=O) groups is 1. The summed E-state index contributed by atoms with van der Waals surface area (Å²) in [5.74, 6) is 0.244. The van der Waals surface area contributed by atoms with Crippen LogP contribution in [0.5, 0.6) is 5.75 Å². The average molecular weight is 345 g/mol. The number of nitro benzene ring substituents is 1. The number of ether oxygens (including phenoxy) is 2. The van der Waals surface area contributed by atoms with Crippen LogP contribution in [0.2, 0.25) is 0 Å². The second-order valence-electron chi connectivity index (χ2n) is 5.11. The number of nitro groups is 1. The van der Waals surface area contributed by atoms with Crippen molar-refractivity contribution in [3.8, 4) is 5.75 Å². The number of hydrogen-bond acceptors (Lipinski definition) is 7. The highest BCUT2D eigenvalue weighted by Gasteiger charge is 2.11. The van der Waals surface area contributed by atoms with Crippen LogP contribution in [0.25, 0.3) is 0 Å². The molecule has 0 aliphatic rings. The van der Waals surface area contributed by atoms with Crippen LogP contribution < -0.4 is 9.75 Å². The van der Waals surface area contributed by atoms with Gasteiger partial charge in [-0.25, -0.2) is 9.80 Å². The van der Waals surface area contributed by atoms with E-state index in [0.29, 0.717) is 16.8 Å². The van der Waals surface area contributed by atoms with Crippen LogP contribution in [0, 0.1) is 21.9 Å². The maximum absolute atomic E-state index is 11.7. The Balaban J connectivity index is 1.92. The molecule has 0 spiro atoms. The summed E-state index contributed by atoms with van der Waals surface area (Å²) in [4.78, 5) is 32.3. The van der Waals surface area contributed by atoms with E-state index in [1.165, 1.54) is 37.4 Å². The van der Waals surface area contributed by atoms with Gasteiger partial charge in [0.2, 0.25) is 0 Å². The predicted molar refractivity (Wildman–Crippen MR) is 89.3 cm³/mol. The molecule has 0 unspecified atom stereocenters. The molecular formula is C16H15N3O6. The monoisotopic (exact) mass is 345 g/mol. The zero-order valence-corrected chi connectivity index (χ0v) is 13.5. The molecule has 0 aliphatic heterocycles. The molecule has 0 amide bonds. The summed E-state index contributed by atoms with van der Waals surface area (Å²) >= 11 is 0. The van der Waals surface area contributed by atoms with Crippen LogP contribution in [-0.2, 0) is 11.3 Å². The third-order valence-electron chi connectivity index (χ3n) is 3.42. The Labute approximate surface area is 142 Å². The van der Waals surface area contributed by atoms with Crippen molar-refractivity contribution < 1.29 is 19.2 Å². The van der Waals surface area contributed by atoms with E-state index in [1.807, 2.05) is 0 Å². The molecule has 0 saturated heterocycles. The molecule has 0 radical (unpaired) electrons. The summed E-state index contributed by atoms with van der Waals surface area (Å²) < 4.78 is 10.0. The molecule has 9 heteroatoms. The number of benzene rings is 2. The van der Waals surface area contributed by atoms with E-state index in [-0.39, 0.29) is 18.0 Å². The largest absolute Gasteiger partial charge is 0.514 e. The van der Waals surface area contributed by atoms with E-state index in [9.17, 15) is 19.8 Å². The van der Waals surface area contributed by atoms with Crippen LogP contribution in [0.4, 0.5) is 16.2 Å². The number of non-ortho nitro benzene ring substituents is 1. The number of rotatable bonds is 6. The first-order valence-electron chi connectivity index (χ1n) is 7.16. The van der Waals surface area contributed by atoms with E-state index in [0.717, 1.165) is 5.01 Å². The highest BCUT2D eigenvalue weighted by atomic mass is 16.7. The fraction of sp³-hybridized carbons (Fsp3) is 0.188. The molecule has 9 nitrogen and oxygen atoms in total. The first kappa shape index (κ1) is 17.9. The number of anilines is 1. The van der Waals surface area contributed by atoms with Gasteiger partial charge in [-0.1, -0.05) is 0 Å². The van der Waals surface area contributed by atoms with E-state index in [1.54, 1.807) is 19.1 Å². The maximum atomic E-state index is 11.7. The zero-order valence-electron chi connectivity index (χ0n) is 13.5. The fourth-order valence-corrected chi connectivity index (χ4v) is 1.99. The Bertz CT molecular complexity index is 791. The van der Waals surface area contributed by atoms with Gasteiger partial charge in [0, 0.05) is 19.2 Å². The van der Waals surface area contributed by atoms with Crippen LogP contribution in [0.3, 0.4) is 0 Å². The lowest BCUT2D eigenvalue weighted by Gasteiger charge is -2.10. The molecule has 2 rings (SSSR count). The van der Waals surface area contributed by atoms with Gasteiger partial charge >= 0.3 is 6.16 Å². The van der Waals surface area contributed by atoms with Crippen molar-refractivity contribution in [3.05, 3.63) is 68.6 Å². The molecular weight excluding hydrogens is 330 g/mol. The first-order chi connectivity index (χ1) is 11.9. The van der Waals surface area contributed by atoms with Gasteiger partial charge in [0.25, 0.3) is 5.69 Å². The van der Waals surface area contributed by atoms with Gasteiger partial charge in [-0.3, -0.25) is 10.1 Å². The highest BCUT2D eigenvalue weighted by Crippen LogP contribution is 2.20. The van der Waals surface area contributed by atoms with E-state index in [2.05, 4.69) is 5.29 Å². The SMILES string of the molecule is Cc1cc([N+](=O)[O-])ccc1COC(=O)Oc1ccc(N(C)N=O)cc1. The smallest absolute Gasteiger partial charge is 0.429 e. The summed E-state index contributed by atoms with van der Waals surface area (Å²) in [7, 11) is 1.49. The first-order valence-corrected chi connectivity index (χ1v) is 7.16. The Morgan fingerprint density at radius 2 is 1.92 bits per heavy atom. The molecule has 0 bridgehead atoms. The van der Waals surface area contributed by atoms with Crippen LogP contribution >= 0.6 is 0 Å². The van der Waals surface area contributed by atoms with Crippen molar-refractivity contribution in [3.63, 3.8) is 0 Å². The Morgan fingerprint density at radius 1 is 1.24 bits per heavy atom. The molecule has 2 aromatic carbocycles. The minimum atomic E-state index is -0.910. The predicted octanol–water partition coefficient (Wildman–Crippen LogP) is 3.74. The Kier molecular flexibility index (Phi) is 5.62. The molecule has 0 aromatic heterocycles. The minimum Gasteiger partial charge on any atom is -0.429 e. The lowest BCUT2D eigenvalue weighted by atomic mass is 10.1. The number of aryl methyl sites for hydroxylation is 1. The van der Waals surface area contributed by atoms with E-state index in [4.69, 9.17) is 9.47 Å². The van der Waals surface area contributed by atoms with Gasteiger partial charge in [-0.15, -0.1) is 4.91 Å². The summed E-state index contributed by atoms with van der Waals surface area (Å²) in [6.07, 6.45) is -0.910. The second kappa shape index (κ2) is 7.86. The zero-order chi connectivity index (χ0) is 18.4. The summed E-state index contributed by atoms with van der Waals surface area (Å²) in [5.41, 5.74) is 1.78. The third kappa shape index (κ3) is 4.74. The number of nitroso groups, excluding NO2 is 1. The van der Waals surface area contributed by atoms with Crippen LogP contribution in [0.1, 0.15) is 11.1 Å². The number of carbonyl (C=O) groups excluding carboxylic acids is 1. The Morgan fingerprint density at radius 3 is 2.48 bits per heavy atom. The molecule has 0 atom stereocenters. The maximum Gasteiger partial charge on any atom is 0.514 e. The normalized spacial score (nSPS) is 10.0. The molecule has 0 aliphatic carbocycles. The van der Waals surface area contributed by atoms with E-state index >= 15 is 0 Å². The highest BCUT2D eigenvalue weighted by molar-refractivity contribution is 5.64. The third-order valence-corrected chi connectivity index (χ3v) is 3.42. The molecule has 0 N–H and O–H groups in total. The quantitative estimate of drug-likeness (QED) is 0.258. The van der Waals surface area contributed by atoms with Crippen molar-refractivity contribution in [2.24, 2.45) is 5.29 Å². The van der Waals surface area contributed by atoms with Gasteiger partial charge < -0.3 is 9.47 Å². The van der Waals surface area contributed by atoms with Crippen molar-refractivity contribution in [2.75, 3.05) is 12.1 Å². The standard InChI is InChI=1S/C16H15N3O6/c1-11-9-14(19(22)23)4-3-12(11)10-24-16(20)25-15-7-5-13(6-8-15)18(2)17-21/h3-9H,10H2,1-2H3. The molecule has 0 fully saturated rings. The molecule has 130 valence electrons. The summed E-state index contributed by atoms with van der Waals surface area (Å²) in [5, 5.41) is 14.6. The lowest BCUT2D eigenvalue weighted by Crippen LogP contribution is -2.11. The second-order valence-corrected chi connectivity index (χ2v) is 5.11. The van der Waals surface area contributed by atoms with Gasteiger partial charge in [0.1, 0.15) is 12.4 Å². The Hall–Kier alpha value is -3.49. The summed E-state index contributed by atoms with van der Waals surface area (Å²) in [6.45, 7) is 1.62. The van der Waals surface area contributed by atoms with Crippen LogP contribution in [0.15, 0.2) is 47.8 Å². The van der Waals surface area contributed by atoms with Crippen molar-refractivity contribution in [2.45, 2.75) is 13.5 Å². The van der Waals surface area contributed by atoms with Crippen LogP contribution in [-0.4, -0.2) is 18.1 Å². The minimum absolute atomic E-state index is 0.0290. The fourth-order valence-electron chi connectivity index (χ4n) is 1.99. The van der Waals surface area contributed by atoms with Gasteiger partial charge in [0.05, 0.1) is 15.9 Å². The van der Waals surface area contributed by atoms with E-state index < -0.39 is 11.1 Å². The number of nitrogens with zero attached hydrogens (tertiary/aromatic N) is 3. The van der Waals surface area contributed by atoms with Gasteiger partial charge in [-0.2, -0.15) is 0 Å². The van der Waals surface area contributed by atoms with Crippen molar-refractivity contribution in [1.82, 2.24) is 0 Å². The molecule has 0 heterocycles. The van der Waals surface area contributed by atoms with Gasteiger partial charge in [-0.05, 0) is 48.4 Å². The molecule has 2 aromatic rings. The average Bonchev–Trinajstić information content (AvgIpc) is 2.60.